The van der Waals surface area contributed by atoms with Gasteiger partial charge >= 0.3 is 0 Å². The van der Waals surface area contributed by atoms with Crippen molar-refractivity contribution in [3.05, 3.63) is 169 Å². The first kappa shape index (κ1) is 27.9. The van der Waals surface area contributed by atoms with Crippen molar-refractivity contribution in [2.24, 2.45) is 0 Å². The molecule has 3 heteroatoms. The van der Waals surface area contributed by atoms with Crippen molar-refractivity contribution >= 4 is 27.8 Å². The number of fused-ring (bicyclic) bond motifs is 6. The second-order valence-electron chi connectivity index (χ2n) is 13.6. The highest BCUT2D eigenvalue weighted by Crippen LogP contribution is 2.52. The second kappa shape index (κ2) is 10.4. The molecule has 3 nitrogen and oxygen atoms in total. The summed E-state index contributed by atoms with van der Waals surface area (Å²) in [5.74, 6) is 1.49. The summed E-state index contributed by atoms with van der Waals surface area (Å²) in [5.41, 5.74) is 15.0. The largest absolute Gasteiger partial charge is 0.435 e. The maximum Gasteiger partial charge on any atom is 0.227 e. The Kier molecular flexibility index (Phi) is 5.92. The molecular formula is C46H32N2O. The molecule has 0 aliphatic heterocycles. The van der Waals surface area contributed by atoms with Crippen molar-refractivity contribution < 1.29 is 4.42 Å². The number of para-hydroxylation sites is 1. The van der Waals surface area contributed by atoms with E-state index >= 15 is 0 Å². The third kappa shape index (κ3) is 4.12. The van der Waals surface area contributed by atoms with Gasteiger partial charge in [0, 0.05) is 44.4 Å². The van der Waals surface area contributed by atoms with Crippen LogP contribution in [-0.2, 0) is 5.41 Å². The molecule has 0 spiro atoms. The number of aromatic nitrogens is 1. The van der Waals surface area contributed by atoms with Crippen molar-refractivity contribution in [2.75, 3.05) is 4.90 Å². The van der Waals surface area contributed by atoms with Crippen LogP contribution in [0.15, 0.2) is 162 Å². The van der Waals surface area contributed by atoms with E-state index in [2.05, 4.69) is 176 Å². The Labute approximate surface area is 285 Å². The van der Waals surface area contributed by atoms with Gasteiger partial charge in [0.25, 0.3) is 0 Å². The van der Waals surface area contributed by atoms with Crippen LogP contribution in [-0.4, -0.2) is 4.98 Å². The average Bonchev–Trinajstić information content (AvgIpc) is 3.79. The van der Waals surface area contributed by atoms with E-state index in [-0.39, 0.29) is 5.41 Å². The van der Waals surface area contributed by atoms with Gasteiger partial charge in [-0.15, -0.1) is 0 Å². The lowest BCUT2D eigenvalue weighted by atomic mass is 9.82. The maximum absolute atomic E-state index is 6.51. The minimum Gasteiger partial charge on any atom is -0.435 e. The lowest BCUT2D eigenvalue weighted by Gasteiger charge is -2.30. The van der Waals surface area contributed by atoms with Crippen LogP contribution in [0.2, 0.25) is 0 Å². The van der Waals surface area contributed by atoms with Crippen LogP contribution in [0.3, 0.4) is 0 Å². The van der Waals surface area contributed by atoms with E-state index in [1.54, 1.807) is 0 Å². The molecule has 10 rings (SSSR count). The third-order valence-corrected chi connectivity index (χ3v) is 10.5. The average molecular weight is 629 g/mol. The quantitative estimate of drug-likeness (QED) is 0.190. The number of nitrogens with zero attached hydrogens (tertiary/aromatic N) is 2. The summed E-state index contributed by atoms with van der Waals surface area (Å²) in [6.07, 6.45) is 0. The molecule has 2 aliphatic rings. The number of rotatable bonds is 5. The smallest absolute Gasteiger partial charge is 0.227 e. The predicted octanol–water partition coefficient (Wildman–Crippen LogP) is 12.6. The van der Waals surface area contributed by atoms with Gasteiger partial charge in [0.2, 0.25) is 5.89 Å². The SMILES string of the molecule is CC1(C)c2ccccc2-c2ccc(N(c3ccc(-c4nc5c(o4)-c4cccc6cccc-5c46)cc3)c3ccccc3-c3ccccc3)cc21. The Hall–Kier alpha value is -6.19. The van der Waals surface area contributed by atoms with Gasteiger partial charge in [-0.25, -0.2) is 4.98 Å². The van der Waals surface area contributed by atoms with E-state index in [0.717, 1.165) is 45.2 Å². The zero-order valence-corrected chi connectivity index (χ0v) is 27.3. The zero-order chi connectivity index (χ0) is 32.7. The molecule has 0 saturated carbocycles. The van der Waals surface area contributed by atoms with Crippen LogP contribution >= 0.6 is 0 Å². The normalized spacial score (nSPS) is 13.3. The Bertz CT molecular complexity index is 2520. The molecule has 0 fully saturated rings. The third-order valence-electron chi connectivity index (χ3n) is 10.5. The van der Waals surface area contributed by atoms with E-state index in [0.29, 0.717) is 5.89 Å². The van der Waals surface area contributed by atoms with Crippen molar-refractivity contribution in [3.8, 4) is 56.3 Å². The summed E-state index contributed by atoms with van der Waals surface area (Å²) < 4.78 is 6.51. The van der Waals surface area contributed by atoms with Crippen molar-refractivity contribution in [2.45, 2.75) is 19.3 Å². The second-order valence-corrected chi connectivity index (χ2v) is 13.6. The standard InChI is InChI=1S/C46H32N2O/c1-46(2)39-20-8-6-17-35(39)36-27-26-33(28-40(36)46)48(41-21-9-7-16-34(41)29-12-4-3-5-13-29)32-24-22-31(23-25-32)45-47-43-37-18-10-14-30-15-11-19-38(42(30)37)44(43)49-45/h3-28H,1-2H3. The molecule has 8 aromatic rings. The first-order valence-electron chi connectivity index (χ1n) is 16.9. The fraction of sp³-hybridized carbons (Fsp3) is 0.0652. The van der Waals surface area contributed by atoms with Gasteiger partial charge in [-0.05, 0) is 75.7 Å². The lowest BCUT2D eigenvalue weighted by molar-refractivity contribution is 0.590. The molecule has 1 heterocycles. The predicted molar refractivity (Wildman–Crippen MR) is 202 cm³/mol. The van der Waals surface area contributed by atoms with Gasteiger partial charge in [0.15, 0.2) is 5.76 Å². The van der Waals surface area contributed by atoms with Crippen LogP contribution in [0.25, 0.3) is 67.1 Å². The Morgan fingerprint density at radius 1 is 0.510 bits per heavy atom. The molecular weight excluding hydrogens is 597 g/mol. The zero-order valence-electron chi connectivity index (χ0n) is 27.3. The van der Waals surface area contributed by atoms with E-state index in [9.17, 15) is 0 Å². The fourth-order valence-electron chi connectivity index (χ4n) is 8.08. The van der Waals surface area contributed by atoms with Crippen LogP contribution < -0.4 is 4.90 Å². The van der Waals surface area contributed by atoms with Crippen LogP contribution in [0, 0.1) is 0 Å². The molecule has 0 atom stereocenters. The number of oxazole rings is 1. The van der Waals surface area contributed by atoms with Crippen molar-refractivity contribution in [3.63, 3.8) is 0 Å². The summed E-state index contributed by atoms with van der Waals surface area (Å²) in [7, 11) is 0. The summed E-state index contributed by atoms with van der Waals surface area (Å²) in [5, 5.41) is 2.44. The molecule has 2 aliphatic carbocycles. The molecule has 0 unspecified atom stereocenters. The van der Waals surface area contributed by atoms with Crippen LogP contribution in [0.1, 0.15) is 25.0 Å². The molecule has 0 bridgehead atoms. The van der Waals surface area contributed by atoms with Gasteiger partial charge in [-0.3, -0.25) is 0 Å². The van der Waals surface area contributed by atoms with E-state index in [1.165, 1.54) is 44.2 Å². The van der Waals surface area contributed by atoms with Gasteiger partial charge in [-0.2, -0.15) is 0 Å². The van der Waals surface area contributed by atoms with Gasteiger partial charge in [0.1, 0.15) is 5.69 Å². The highest BCUT2D eigenvalue weighted by atomic mass is 16.4. The highest BCUT2D eigenvalue weighted by Gasteiger charge is 2.36. The summed E-state index contributed by atoms with van der Waals surface area (Å²) in [6.45, 7) is 4.68. The topological polar surface area (TPSA) is 29.3 Å². The first-order valence-corrected chi connectivity index (χ1v) is 16.9. The minimum atomic E-state index is -0.106. The Morgan fingerprint density at radius 2 is 1.16 bits per heavy atom. The van der Waals surface area contributed by atoms with E-state index < -0.39 is 0 Å². The molecule has 49 heavy (non-hydrogen) atoms. The number of anilines is 3. The molecule has 0 radical (unpaired) electrons. The fourth-order valence-corrected chi connectivity index (χ4v) is 8.08. The molecule has 1 aromatic heterocycles. The summed E-state index contributed by atoms with van der Waals surface area (Å²) in [4.78, 5) is 7.43. The number of hydrogen-bond donors (Lipinski definition) is 0. The number of hydrogen-bond acceptors (Lipinski definition) is 3. The minimum absolute atomic E-state index is 0.106. The van der Waals surface area contributed by atoms with E-state index in [4.69, 9.17) is 9.40 Å². The number of benzene rings is 7. The Morgan fingerprint density at radius 3 is 1.98 bits per heavy atom. The molecule has 7 aromatic carbocycles. The van der Waals surface area contributed by atoms with Crippen molar-refractivity contribution in [1.29, 1.82) is 0 Å². The molecule has 0 N–H and O–H groups in total. The van der Waals surface area contributed by atoms with Gasteiger partial charge in [0.05, 0.1) is 5.69 Å². The van der Waals surface area contributed by atoms with E-state index in [1.807, 2.05) is 0 Å². The lowest BCUT2D eigenvalue weighted by Crippen LogP contribution is -2.16. The van der Waals surface area contributed by atoms with Crippen LogP contribution in [0.5, 0.6) is 0 Å². The van der Waals surface area contributed by atoms with Gasteiger partial charge in [-0.1, -0.05) is 129 Å². The maximum atomic E-state index is 6.51. The van der Waals surface area contributed by atoms with Crippen molar-refractivity contribution in [1.82, 2.24) is 4.98 Å². The first-order chi connectivity index (χ1) is 24.1. The van der Waals surface area contributed by atoms with Crippen LogP contribution in [0.4, 0.5) is 17.1 Å². The summed E-state index contributed by atoms with van der Waals surface area (Å²) in [6, 6.07) is 56.5. The highest BCUT2D eigenvalue weighted by molar-refractivity contribution is 6.13. The molecule has 232 valence electrons. The molecule has 0 amide bonds. The summed E-state index contributed by atoms with van der Waals surface area (Å²) >= 11 is 0. The Balaban J connectivity index is 1.10. The molecule has 0 saturated heterocycles. The monoisotopic (exact) mass is 628 g/mol. The van der Waals surface area contributed by atoms with Gasteiger partial charge < -0.3 is 9.32 Å².